The highest BCUT2D eigenvalue weighted by molar-refractivity contribution is 5.89. The lowest BCUT2D eigenvalue weighted by atomic mass is 10.0. The molecule has 1 aliphatic carbocycles. The van der Waals surface area contributed by atoms with Gasteiger partial charge in [0.05, 0.1) is 0 Å². The third-order valence-electron chi connectivity index (χ3n) is 3.72. The Hall–Kier alpha value is -2.05. The highest BCUT2D eigenvalue weighted by Gasteiger charge is 2.25. The van der Waals surface area contributed by atoms with Crippen LogP contribution >= 0.6 is 0 Å². The molecule has 0 amide bonds. The van der Waals surface area contributed by atoms with Gasteiger partial charge in [-0.25, -0.2) is 0 Å². The number of rotatable bonds is 5. The Morgan fingerprint density at radius 2 is 2.10 bits per heavy atom. The minimum atomic E-state index is 0.0805. The Balaban J connectivity index is 2.02. The van der Waals surface area contributed by atoms with Crippen molar-refractivity contribution in [2.45, 2.75) is 31.8 Å². The zero-order valence-electron chi connectivity index (χ0n) is 11.6. The van der Waals surface area contributed by atoms with Crippen molar-refractivity contribution in [1.82, 2.24) is 5.32 Å². The summed E-state index contributed by atoms with van der Waals surface area (Å²) in [6.07, 6.45) is 2.51. The Morgan fingerprint density at radius 3 is 2.85 bits per heavy atom. The van der Waals surface area contributed by atoms with Gasteiger partial charge in [-0.1, -0.05) is 36.4 Å². The monoisotopic (exact) mass is 266 g/mol. The molecule has 0 saturated heterocycles. The van der Waals surface area contributed by atoms with E-state index in [1.54, 1.807) is 0 Å². The van der Waals surface area contributed by atoms with Gasteiger partial charge in [0, 0.05) is 23.0 Å². The maximum Gasteiger partial charge on any atom is 0.174 e. The van der Waals surface area contributed by atoms with E-state index in [1.807, 2.05) is 12.1 Å². The van der Waals surface area contributed by atoms with E-state index >= 15 is 0 Å². The molecule has 0 spiro atoms. The van der Waals surface area contributed by atoms with Gasteiger partial charge in [0.25, 0.3) is 0 Å². The van der Waals surface area contributed by atoms with Crippen molar-refractivity contribution in [1.29, 1.82) is 5.26 Å². The van der Waals surface area contributed by atoms with Gasteiger partial charge in [-0.2, -0.15) is 5.26 Å². The maximum atomic E-state index is 8.79. The number of fused-ring (bicyclic) bond motifs is 1. The summed E-state index contributed by atoms with van der Waals surface area (Å²) < 4.78 is 5.72. The van der Waals surface area contributed by atoms with E-state index < -0.39 is 0 Å². The average molecular weight is 266 g/mol. The average Bonchev–Trinajstić information content (AvgIpc) is 3.28. The van der Waals surface area contributed by atoms with Crippen molar-refractivity contribution >= 4 is 10.8 Å². The van der Waals surface area contributed by atoms with E-state index in [0.29, 0.717) is 6.04 Å². The fourth-order valence-corrected chi connectivity index (χ4v) is 2.56. The second kappa shape index (κ2) is 5.52. The Bertz CT molecular complexity index is 656. The molecule has 0 radical (unpaired) electrons. The van der Waals surface area contributed by atoms with Gasteiger partial charge in [-0.15, -0.1) is 0 Å². The lowest BCUT2D eigenvalue weighted by molar-refractivity contribution is 0.363. The minimum Gasteiger partial charge on any atom is -0.478 e. The molecule has 1 fully saturated rings. The number of hydrogen-bond donors (Lipinski definition) is 1. The molecule has 2 aromatic rings. The summed E-state index contributed by atoms with van der Waals surface area (Å²) in [7, 11) is 0. The van der Waals surface area contributed by atoms with Crippen LogP contribution in [0.5, 0.6) is 5.75 Å². The molecule has 0 aromatic heterocycles. The standard InChI is InChI=1S/C17H18N2O/c1-12(19-14-7-8-14)15-9-6-13-4-2-3-5-16(13)17(15)20-11-10-18/h2-6,9,12,14,19H,7-8,11H2,1H3. The molecule has 1 saturated carbocycles. The molecule has 1 N–H and O–H groups in total. The third kappa shape index (κ3) is 2.61. The van der Waals surface area contributed by atoms with Crippen molar-refractivity contribution < 1.29 is 4.74 Å². The number of nitrogens with zero attached hydrogens (tertiary/aromatic N) is 1. The zero-order valence-corrected chi connectivity index (χ0v) is 11.6. The van der Waals surface area contributed by atoms with E-state index in [1.165, 1.54) is 12.8 Å². The van der Waals surface area contributed by atoms with E-state index in [4.69, 9.17) is 10.00 Å². The van der Waals surface area contributed by atoms with E-state index in [0.717, 1.165) is 22.1 Å². The lowest BCUT2D eigenvalue weighted by Crippen LogP contribution is -2.21. The third-order valence-corrected chi connectivity index (χ3v) is 3.72. The number of benzene rings is 2. The van der Waals surface area contributed by atoms with Gasteiger partial charge >= 0.3 is 0 Å². The van der Waals surface area contributed by atoms with Crippen LogP contribution in [0.25, 0.3) is 10.8 Å². The van der Waals surface area contributed by atoms with Crippen LogP contribution in [-0.2, 0) is 0 Å². The molecule has 2 aromatic carbocycles. The first-order valence-electron chi connectivity index (χ1n) is 7.07. The summed E-state index contributed by atoms with van der Waals surface area (Å²) >= 11 is 0. The fourth-order valence-electron chi connectivity index (χ4n) is 2.56. The summed E-state index contributed by atoms with van der Waals surface area (Å²) in [5.41, 5.74) is 1.13. The van der Waals surface area contributed by atoms with Crippen LogP contribution in [-0.4, -0.2) is 12.6 Å². The first kappa shape index (κ1) is 13.0. The predicted molar refractivity (Wildman–Crippen MR) is 79.6 cm³/mol. The molecule has 1 atom stereocenters. The maximum absolute atomic E-state index is 8.79. The quantitative estimate of drug-likeness (QED) is 0.900. The summed E-state index contributed by atoms with van der Waals surface area (Å²) in [6.45, 7) is 2.23. The van der Waals surface area contributed by atoms with Gasteiger partial charge in [0.1, 0.15) is 11.8 Å². The highest BCUT2D eigenvalue weighted by atomic mass is 16.5. The molecule has 0 heterocycles. The van der Waals surface area contributed by atoms with Gasteiger partial charge in [-0.05, 0) is 25.2 Å². The molecule has 3 nitrogen and oxygen atoms in total. The first-order valence-corrected chi connectivity index (χ1v) is 7.07. The smallest absolute Gasteiger partial charge is 0.174 e. The number of nitrogens with one attached hydrogen (secondary N) is 1. The lowest BCUT2D eigenvalue weighted by Gasteiger charge is -2.19. The molecule has 20 heavy (non-hydrogen) atoms. The fraction of sp³-hybridized carbons (Fsp3) is 0.353. The number of nitriles is 1. The van der Waals surface area contributed by atoms with Crippen LogP contribution in [0.4, 0.5) is 0 Å². The normalized spacial score (nSPS) is 15.8. The molecule has 1 unspecified atom stereocenters. The van der Waals surface area contributed by atoms with Crippen LogP contribution in [0.1, 0.15) is 31.4 Å². The van der Waals surface area contributed by atoms with Crippen molar-refractivity contribution in [3.63, 3.8) is 0 Å². The Kier molecular flexibility index (Phi) is 3.58. The zero-order chi connectivity index (χ0) is 13.9. The van der Waals surface area contributed by atoms with E-state index in [2.05, 4.69) is 42.6 Å². The van der Waals surface area contributed by atoms with Gasteiger partial charge in [0.15, 0.2) is 6.61 Å². The van der Waals surface area contributed by atoms with Crippen LogP contribution in [0.2, 0.25) is 0 Å². The summed E-state index contributed by atoms with van der Waals surface area (Å²) in [5, 5.41) is 14.6. The number of ether oxygens (including phenoxy) is 1. The van der Waals surface area contributed by atoms with Crippen molar-refractivity contribution in [3.8, 4) is 11.8 Å². The summed E-state index contributed by atoms with van der Waals surface area (Å²) in [5.74, 6) is 0.838. The summed E-state index contributed by atoms with van der Waals surface area (Å²) in [6, 6.07) is 15.3. The van der Waals surface area contributed by atoms with Gasteiger partial charge in [0.2, 0.25) is 0 Å². The molecular weight excluding hydrogens is 248 g/mol. The largest absolute Gasteiger partial charge is 0.478 e. The van der Waals surface area contributed by atoms with Crippen molar-refractivity contribution in [3.05, 3.63) is 42.0 Å². The van der Waals surface area contributed by atoms with Crippen LogP contribution in [0, 0.1) is 11.3 Å². The van der Waals surface area contributed by atoms with Crippen LogP contribution in [0.15, 0.2) is 36.4 Å². The number of hydrogen-bond acceptors (Lipinski definition) is 3. The first-order chi connectivity index (χ1) is 9.79. The molecule has 3 heteroatoms. The summed E-state index contributed by atoms with van der Waals surface area (Å²) in [4.78, 5) is 0. The van der Waals surface area contributed by atoms with Gasteiger partial charge < -0.3 is 10.1 Å². The Labute approximate surface area is 119 Å². The molecule has 102 valence electrons. The Morgan fingerprint density at radius 1 is 1.30 bits per heavy atom. The second-order valence-corrected chi connectivity index (χ2v) is 5.31. The molecular formula is C17H18N2O. The predicted octanol–water partition coefficient (Wildman–Crippen LogP) is 3.56. The SMILES string of the molecule is CC(NC1CC1)c1ccc2ccccc2c1OCC#N. The minimum absolute atomic E-state index is 0.0805. The highest BCUT2D eigenvalue weighted by Crippen LogP contribution is 2.35. The van der Waals surface area contributed by atoms with Crippen LogP contribution < -0.4 is 10.1 Å². The second-order valence-electron chi connectivity index (χ2n) is 5.31. The molecule has 0 bridgehead atoms. The van der Waals surface area contributed by atoms with Crippen LogP contribution in [0.3, 0.4) is 0 Å². The van der Waals surface area contributed by atoms with Gasteiger partial charge in [-0.3, -0.25) is 0 Å². The van der Waals surface area contributed by atoms with Crippen molar-refractivity contribution in [2.24, 2.45) is 0 Å². The van der Waals surface area contributed by atoms with E-state index in [9.17, 15) is 0 Å². The molecule has 0 aliphatic heterocycles. The molecule has 1 aliphatic rings. The van der Waals surface area contributed by atoms with E-state index in [-0.39, 0.29) is 12.6 Å². The van der Waals surface area contributed by atoms with Crippen molar-refractivity contribution in [2.75, 3.05) is 6.61 Å². The topological polar surface area (TPSA) is 45.0 Å². The molecule has 3 rings (SSSR count).